The molecule has 0 radical (unpaired) electrons. The van der Waals surface area contributed by atoms with Crippen molar-refractivity contribution in [1.82, 2.24) is 10.2 Å². The van der Waals surface area contributed by atoms with Gasteiger partial charge in [-0.2, -0.15) is 0 Å². The van der Waals surface area contributed by atoms with E-state index in [1.165, 1.54) is 0 Å². The second kappa shape index (κ2) is 6.96. The van der Waals surface area contributed by atoms with Gasteiger partial charge in [0.2, 0.25) is 5.91 Å². The first-order chi connectivity index (χ1) is 9.72. The summed E-state index contributed by atoms with van der Waals surface area (Å²) >= 11 is 0. The normalized spacial score (nSPS) is 15.2. The van der Waals surface area contributed by atoms with Crippen LogP contribution in [0.25, 0.3) is 0 Å². The molecule has 1 aromatic rings. The quantitative estimate of drug-likeness (QED) is 0.617. The fourth-order valence-electron chi connectivity index (χ4n) is 2.32. The summed E-state index contributed by atoms with van der Waals surface area (Å²) in [5, 5.41) is 12.9. The number of carbonyl (C=O) groups is 1. The molecule has 1 heterocycles. The Morgan fingerprint density at radius 1 is 1.30 bits per heavy atom. The SMILES string of the molecule is C=CCNCC(=O)N1CCN(c2ccccc2O)CC1. The summed E-state index contributed by atoms with van der Waals surface area (Å²) in [4.78, 5) is 15.9. The Balaban J connectivity index is 1.85. The third-order valence-corrected chi connectivity index (χ3v) is 3.42. The molecule has 0 spiro atoms. The van der Waals surface area contributed by atoms with Crippen molar-refractivity contribution in [2.45, 2.75) is 0 Å². The lowest BCUT2D eigenvalue weighted by atomic mass is 10.2. The van der Waals surface area contributed by atoms with Crippen LogP contribution in [-0.4, -0.2) is 55.2 Å². The Hall–Kier alpha value is -2.01. The van der Waals surface area contributed by atoms with Crippen LogP contribution in [0.2, 0.25) is 0 Å². The first-order valence-electron chi connectivity index (χ1n) is 6.84. The maximum absolute atomic E-state index is 11.9. The molecule has 2 rings (SSSR count). The van der Waals surface area contributed by atoms with Crippen LogP contribution in [0.3, 0.4) is 0 Å². The van der Waals surface area contributed by atoms with Crippen LogP contribution < -0.4 is 10.2 Å². The van der Waals surface area contributed by atoms with Gasteiger partial charge >= 0.3 is 0 Å². The number of carbonyl (C=O) groups excluding carboxylic acids is 1. The fraction of sp³-hybridized carbons (Fsp3) is 0.400. The van der Waals surface area contributed by atoms with E-state index in [9.17, 15) is 9.90 Å². The van der Waals surface area contributed by atoms with Crippen molar-refractivity contribution >= 4 is 11.6 Å². The van der Waals surface area contributed by atoms with E-state index in [0.717, 1.165) is 18.8 Å². The van der Waals surface area contributed by atoms with Gasteiger partial charge in [0, 0.05) is 32.7 Å². The van der Waals surface area contributed by atoms with Crippen molar-refractivity contribution in [3.63, 3.8) is 0 Å². The number of benzene rings is 1. The minimum atomic E-state index is 0.115. The number of phenols is 1. The highest BCUT2D eigenvalue weighted by atomic mass is 16.3. The van der Waals surface area contributed by atoms with Crippen molar-refractivity contribution in [2.75, 3.05) is 44.2 Å². The maximum atomic E-state index is 11.9. The molecule has 0 unspecified atom stereocenters. The lowest BCUT2D eigenvalue weighted by Crippen LogP contribution is -2.50. The zero-order chi connectivity index (χ0) is 14.4. The van der Waals surface area contributed by atoms with Crippen molar-refractivity contribution < 1.29 is 9.90 Å². The van der Waals surface area contributed by atoms with Crippen LogP contribution >= 0.6 is 0 Å². The summed E-state index contributed by atoms with van der Waals surface area (Å²) in [7, 11) is 0. The summed E-state index contributed by atoms with van der Waals surface area (Å²) in [5.74, 6) is 0.406. The Morgan fingerprint density at radius 2 is 2.00 bits per heavy atom. The molecule has 0 saturated carbocycles. The first-order valence-corrected chi connectivity index (χ1v) is 6.84. The molecule has 1 aliphatic rings. The second-order valence-corrected chi connectivity index (χ2v) is 4.78. The Morgan fingerprint density at radius 3 is 2.65 bits per heavy atom. The molecule has 1 aromatic carbocycles. The van der Waals surface area contributed by atoms with Crippen molar-refractivity contribution in [3.05, 3.63) is 36.9 Å². The van der Waals surface area contributed by atoms with Gasteiger partial charge in [-0.15, -0.1) is 6.58 Å². The van der Waals surface area contributed by atoms with Gasteiger partial charge in [-0.1, -0.05) is 18.2 Å². The predicted octanol–water partition coefficient (Wildman–Crippen LogP) is 0.816. The van der Waals surface area contributed by atoms with Gasteiger partial charge < -0.3 is 20.2 Å². The highest BCUT2D eigenvalue weighted by Crippen LogP contribution is 2.27. The maximum Gasteiger partial charge on any atom is 0.236 e. The standard InChI is InChI=1S/C15H21N3O2/c1-2-7-16-12-15(20)18-10-8-17(9-11-18)13-5-3-4-6-14(13)19/h2-6,16,19H,1,7-12H2. The van der Waals surface area contributed by atoms with Gasteiger partial charge in [0.05, 0.1) is 12.2 Å². The summed E-state index contributed by atoms with van der Waals surface area (Å²) in [5.41, 5.74) is 0.837. The van der Waals surface area contributed by atoms with E-state index < -0.39 is 0 Å². The molecule has 5 heteroatoms. The Bertz CT molecular complexity index is 468. The van der Waals surface area contributed by atoms with E-state index in [0.29, 0.717) is 31.9 Å². The van der Waals surface area contributed by atoms with Crippen molar-refractivity contribution in [1.29, 1.82) is 0 Å². The van der Waals surface area contributed by atoms with E-state index in [4.69, 9.17) is 0 Å². The summed E-state index contributed by atoms with van der Waals surface area (Å²) in [6.07, 6.45) is 1.74. The van der Waals surface area contributed by atoms with Crippen LogP contribution in [0.4, 0.5) is 5.69 Å². The van der Waals surface area contributed by atoms with Crippen LogP contribution in [0.15, 0.2) is 36.9 Å². The zero-order valence-corrected chi connectivity index (χ0v) is 11.6. The number of aromatic hydroxyl groups is 1. The van der Waals surface area contributed by atoms with Crippen LogP contribution in [0.5, 0.6) is 5.75 Å². The van der Waals surface area contributed by atoms with Crippen molar-refractivity contribution in [2.24, 2.45) is 0 Å². The number of phenolic OH excluding ortho intramolecular Hbond substituents is 1. The largest absolute Gasteiger partial charge is 0.506 e. The highest BCUT2D eigenvalue weighted by molar-refractivity contribution is 5.78. The van der Waals surface area contributed by atoms with Gasteiger partial charge in [-0.25, -0.2) is 0 Å². The molecule has 1 amide bonds. The van der Waals surface area contributed by atoms with Gasteiger partial charge in [0.25, 0.3) is 0 Å². The average Bonchev–Trinajstić information content (AvgIpc) is 2.48. The molecule has 1 fully saturated rings. The third kappa shape index (κ3) is 3.51. The van der Waals surface area contributed by atoms with Gasteiger partial charge in [-0.05, 0) is 12.1 Å². The number of hydrogen-bond donors (Lipinski definition) is 2. The third-order valence-electron chi connectivity index (χ3n) is 3.42. The molecular formula is C15H21N3O2. The highest BCUT2D eigenvalue weighted by Gasteiger charge is 2.21. The van der Waals surface area contributed by atoms with Gasteiger partial charge in [0.1, 0.15) is 5.75 Å². The lowest BCUT2D eigenvalue weighted by Gasteiger charge is -2.36. The van der Waals surface area contributed by atoms with Gasteiger partial charge in [0.15, 0.2) is 0 Å². The Kier molecular flexibility index (Phi) is 5.01. The second-order valence-electron chi connectivity index (χ2n) is 4.78. The summed E-state index contributed by atoms with van der Waals surface area (Å²) in [6.45, 7) is 7.44. The van der Waals surface area contributed by atoms with Crippen LogP contribution in [0.1, 0.15) is 0 Å². The molecule has 0 atom stereocenters. The van der Waals surface area contributed by atoms with Crippen LogP contribution in [0, 0.1) is 0 Å². The number of nitrogens with one attached hydrogen (secondary N) is 1. The minimum absolute atomic E-state index is 0.115. The Labute approximate surface area is 119 Å². The molecule has 2 N–H and O–H groups in total. The number of nitrogens with zero attached hydrogens (tertiary/aromatic N) is 2. The van der Waals surface area contributed by atoms with E-state index in [2.05, 4.69) is 16.8 Å². The first kappa shape index (κ1) is 14.4. The van der Waals surface area contributed by atoms with E-state index >= 15 is 0 Å². The molecule has 108 valence electrons. The molecule has 0 bridgehead atoms. The molecular weight excluding hydrogens is 254 g/mol. The molecule has 20 heavy (non-hydrogen) atoms. The van der Waals surface area contributed by atoms with E-state index in [1.807, 2.05) is 23.1 Å². The molecule has 0 aromatic heterocycles. The van der Waals surface area contributed by atoms with Crippen molar-refractivity contribution in [3.8, 4) is 5.75 Å². The number of anilines is 1. The number of rotatable bonds is 5. The topological polar surface area (TPSA) is 55.8 Å². The molecule has 1 aliphatic heterocycles. The summed E-state index contributed by atoms with van der Waals surface area (Å²) < 4.78 is 0. The number of hydrogen-bond acceptors (Lipinski definition) is 4. The zero-order valence-electron chi connectivity index (χ0n) is 11.6. The average molecular weight is 275 g/mol. The lowest BCUT2D eigenvalue weighted by molar-refractivity contribution is -0.130. The summed E-state index contributed by atoms with van der Waals surface area (Å²) in [6, 6.07) is 7.31. The molecule has 5 nitrogen and oxygen atoms in total. The monoisotopic (exact) mass is 275 g/mol. The predicted molar refractivity (Wildman–Crippen MR) is 80.0 cm³/mol. The fourth-order valence-corrected chi connectivity index (χ4v) is 2.32. The van der Waals surface area contributed by atoms with E-state index in [-0.39, 0.29) is 5.91 Å². The number of piperazine rings is 1. The number of para-hydroxylation sites is 2. The number of amides is 1. The van der Waals surface area contributed by atoms with Gasteiger partial charge in [-0.3, -0.25) is 4.79 Å². The minimum Gasteiger partial charge on any atom is -0.506 e. The molecule has 1 saturated heterocycles. The molecule has 0 aliphatic carbocycles. The smallest absolute Gasteiger partial charge is 0.236 e. The van der Waals surface area contributed by atoms with Crippen LogP contribution in [-0.2, 0) is 4.79 Å². The van der Waals surface area contributed by atoms with E-state index in [1.54, 1.807) is 12.1 Å².